The fourth-order valence-corrected chi connectivity index (χ4v) is 4.03. The fourth-order valence-electron chi connectivity index (χ4n) is 4.03. The number of aliphatic carboxylic acids is 1. The Bertz CT molecular complexity index is 407. The van der Waals surface area contributed by atoms with Crippen LogP contribution in [0.3, 0.4) is 0 Å². The molecule has 0 aromatic heterocycles. The van der Waals surface area contributed by atoms with Crippen molar-refractivity contribution >= 4 is 11.9 Å². The van der Waals surface area contributed by atoms with Crippen molar-refractivity contribution in [3.05, 3.63) is 0 Å². The molecule has 3 rings (SSSR count). The van der Waals surface area contributed by atoms with Gasteiger partial charge in [0, 0.05) is 31.7 Å². The highest BCUT2D eigenvalue weighted by molar-refractivity contribution is 5.79. The zero-order valence-corrected chi connectivity index (χ0v) is 12.5. The predicted molar refractivity (Wildman–Crippen MR) is 77.9 cm³/mol. The lowest BCUT2D eigenvalue weighted by atomic mass is 9.97. The third kappa shape index (κ3) is 3.21. The van der Waals surface area contributed by atoms with Gasteiger partial charge in [0.05, 0.1) is 12.5 Å². The highest BCUT2D eigenvalue weighted by Gasteiger charge is 2.37. The van der Waals surface area contributed by atoms with E-state index in [9.17, 15) is 9.59 Å². The molecule has 3 heterocycles. The summed E-state index contributed by atoms with van der Waals surface area (Å²) in [6.07, 6.45) is 4.83. The van der Waals surface area contributed by atoms with Gasteiger partial charge in [0.25, 0.3) is 0 Å². The van der Waals surface area contributed by atoms with Crippen molar-refractivity contribution in [3.63, 3.8) is 0 Å². The minimum absolute atomic E-state index is 0.121. The normalized spacial score (nSPS) is 30.6. The zero-order chi connectivity index (χ0) is 14.8. The summed E-state index contributed by atoms with van der Waals surface area (Å²) in [5.41, 5.74) is 0. The lowest BCUT2D eigenvalue weighted by Crippen LogP contribution is -2.47. The fraction of sp³-hybridized carbons (Fsp3) is 0.867. The number of fused-ring (bicyclic) bond motifs is 1. The average Bonchev–Trinajstić information content (AvgIpc) is 3.08. The SMILES string of the molecule is O=C(O)C1CCN(C(=O)CNC2CCN3CCCC23)CC1. The number of nitrogens with zero attached hydrogens (tertiary/aromatic N) is 2. The molecule has 1 amide bonds. The number of likely N-dealkylation sites (tertiary alicyclic amines) is 1. The standard InChI is InChI=1S/C15H25N3O3/c19-14(18-7-3-11(4-8-18)15(20)21)10-16-12-5-9-17-6-1-2-13(12)17/h11-13,16H,1-10H2,(H,20,21). The van der Waals surface area contributed by atoms with Gasteiger partial charge in [-0.2, -0.15) is 0 Å². The number of carbonyl (C=O) groups excluding carboxylic acids is 1. The zero-order valence-electron chi connectivity index (χ0n) is 12.5. The smallest absolute Gasteiger partial charge is 0.306 e. The molecule has 0 radical (unpaired) electrons. The van der Waals surface area contributed by atoms with Crippen molar-refractivity contribution in [2.75, 3.05) is 32.7 Å². The largest absolute Gasteiger partial charge is 0.481 e. The van der Waals surface area contributed by atoms with Crippen molar-refractivity contribution in [3.8, 4) is 0 Å². The van der Waals surface area contributed by atoms with E-state index in [0.717, 1.165) is 13.0 Å². The van der Waals surface area contributed by atoms with E-state index >= 15 is 0 Å². The molecule has 0 aromatic rings. The van der Waals surface area contributed by atoms with Crippen LogP contribution in [0.2, 0.25) is 0 Å². The predicted octanol–water partition coefficient (Wildman–Crippen LogP) is 0.136. The Balaban J connectivity index is 1.42. The summed E-state index contributed by atoms with van der Waals surface area (Å²) >= 11 is 0. The molecule has 3 saturated heterocycles. The number of carbonyl (C=O) groups is 2. The van der Waals surface area contributed by atoms with Crippen LogP contribution in [0.15, 0.2) is 0 Å². The summed E-state index contributed by atoms with van der Waals surface area (Å²) in [7, 11) is 0. The Kier molecular flexibility index (Phi) is 4.45. The van der Waals surface area contributed by atoms with Crippen LogP contribution < -0.4 is 5.32 Å². The second-order valence-corrected chi connectivity index (χ2v) is 6.51. The number of rotatable bonds is 4. The molecule has 3 aliphatic rings. The Morgan fingerprint density at radius 1 is 1.05 bits per heavy atom. The van der Waals surface area contributed by atoms with Crippen molar-refractivity contribution < 1.29 is 14.7 Å². The van der Waals surface area contributed by atoms with Crippen molar-refractivity contribution in [1.29, 1.82) is 0 Å². The van der Waals surface area contributed by atoms with E-state index in [0.29, 0.717) is 44.6 Å². The minimum Gasteiger partial charge on any atom is -0.481 e. The number of piperidine rings is 1. The van der Waals surface area contributed by atoms with Crippen molar-refractivity contribution in [2.45, 2.75) is 44.2 Å². The third-order valence-electron chi connectivity index (χ3n) is 5.32. The lowest BCUT2D eigenvalue weighted by molar-refractivity contribution is -0.145. The number of amides is 1. The van der Waals surface area contributed by atoms with E-state index in [1.165, 1.54) is 19.4 Å². The molecule has 6 nitrogen and oxygen atoms in total. The molecule has 3 fully saturated rings. The molecular weight excluding hydrogens is 270 g/mol. The summed E-state index contributed by atoms with van der Waals surface area (Å²) in [6, 6.07) is 1.07. The summed E-state index contributed by atoms with van der Waals surface area (Å²) < 4.78 is 0. The summed E-state index contributed by atoms with van der Waals surface area (Å²) in [5, 5.41) is 12.4. The van der Waals surface area contributed by atoms with Gasteiger partial charge in [0.2, 0.25) is 5.91 Å². The van der Waals surface area contributed by atoms with Crippen LogP contribution in [0.25, 0.3) is 0 Å². The van der Waals surface area contributed by atoms with Gasteiger partial charge in [0.1, 0.15) is 0 Å². The molecule has 0 spiro atoms. The molecule has 6 heteroatoms. The maximum Gasteiger partial charge on any atom is 0.306 e. The van der Waals surface area contributed by atoms with Gasteiger partial charge in [0.15, 0.2) is 0 Å². The Morgan fingerprint density at radius 2 is 1.81 bits per heavy atom. The third-order valence-corrected chi connectivity index (χ3v) is 5.32. The summed E-state index contributed by atoms with van der Waals surface area (Å²) in [4.78, 5) is 27.5. The molecule has 3 aliphatic heterocycles. The highest BCUT2D eigenvalue weighted by Crippen LogP contribution is 2.27. The van der Waals surface area contributed by atoms with E-state index in [1.54, 1.807) is 0 Å². The highest BCUT2D eigenvalue weighted by atomic mass is 16.4. The molecule has 21 heavy (non-hydrogen) atoms. The van der Waals surface area contributed by atoms with Gasteiger partial charge < -0.3 is 15.3 Å². The van der Waals surface area contributed by atoms with E-state index in [2.05, 4.69) is 10.2 Å². The first-order chi connectivity index (χ1) is 10.1. The Hall–Kier alpha value is -1.14. The Morgan fingerprint density at radius 3 is 2.52 bits per heavy atom. The first-order valence-corrected chi connectivity index (χ1v) is 8.13. The van der Waals surface area contributed by atoms with Crippen LogP contribution in [0.5, 0.6) is 0 Å². The second-order valence-electron chi connectivity index (χ2n) is 6.51. The summed E-state index contributed by atoms with van der Waals surface area (Å²) in [6.45, 7) is 3.92. The van der Waals surface area contributed by atoms with Gasteiger partial charge >= 0.3 is 5.97 Å². The first kappa shape index (κ1) is 14.8. The molecule has 2 N–H and O–H groups in total. The molecule has 2 unspecified atom stereocenters. The van der Waals surface area contributed by atoms with Crippen LogP contribution >= 0.6 is 0 Å². The maximum absolute atomic E-state index is 12.2. The number of hydrogen-bond acceptors (Lipinski definition) is 4. The van der Waals surface area contributed by atoms with Gasteiger partial charge in [-0.25, -0.2) is 0 Å². The molecule has 0 aliphatic carbocycles. The van der Waals surface area contributed by atoms with Crippen molar-refractivity contribution in [2.24, 2.45) is 5.92 Å². The number of carboxylic acids is 1. The maximum atomic E-state index is 12.2. The number of hydrogen-bond donors (Lipinski definition) is 2. The number of nitrogens with one attached hydrogen (secondary N) is 1. The lowest BCUT2D eigenvalue weighted by Gasteiger charge is -2.31. The molecule has 2 atom stereocenters. The topological polar surface area (TPSA) is 72.9 Å². The average molecular weight is 295 g/mol. The van der Waals surface area contributed by atoms with Crippen molar-refractivity contribution in [1.82, 2.24) is 15.1 Å². The van der Waals surface area contributed by atoms with E-state index in [1.807, 2.05) is 4.90 Å². The first-order valence-electron chi connectivity index (χ1n) is 8.13. The van der Waals surface area contributed by atoms with Gasteiger partial charge in [-0.1, -0.05) is 0 Å². The van der Waals surface area contributed by atoms with E-state index < -0.39 is 5.97 Å². The molecule has 118 valence electrons. The Labute approximate surface area is 125 Å². The minimum atomic E-state index is -0.729. The quantitative estimate of drug-likeness (QED) is 0.771. The van der Waals surface area contributed by atoms with Crippen LogP contribution in [0.1, 0.15) is 32.1 Å². The van der Waals surface area contributed by atoms with Gasteiger partial charge in [-0.3, -0.25) is 14.5 Å². The van der Waals surface area contributed by atoms with Crippen LogP contribution in [-0.2, 0) is 9.59 Å². The molecule has 0 bridgehead atoms. The van der Waals surface area contributed by atoms with E-state index in [4.69, 9.17) is 5.11 Å². The second kappa shape index (κ2) is 6.32. The van der Waals surface area contributed by atoms with Crippen LogP contribution in [-0.4, -0.2) is 71.6 Å². The van der Waals surface area contributed by atoms with Crippen LogP contribution in [0.4, 0.5) is 0 Å². The van der Waals surface area contributed by atoms with Gasteiger partial charge in [-0.05, 0) is 38.6 Å². The van der Waals surface area contributed by atoms with Crippen LogP contribution in [0, 0.1) is 5.92 Å². The monoisotopic (exact) mass is 295 g/mol. The van der Waals surface area contributed by atoms with Gasteiger partial charge in [-0.15, -0.1) is 0 Å². The number of carboxylic acid groups (broad SMARTS) is 1. The molecular formula is C15H25N3O3. The molecule has 0 aromatic carbocycles. The summed E-state index contributed by atoms with van der Waals surface area (Å²) in [5.74, 6) is -0.883. The molecule has 0 saturated carbocycles. The van der Waals surface area contributed by atoms with E-state index in [-0.39, 0.29) is 11.8 Å².